The second-order valence-electron chi connectivity index (χ2n) is 5.87. The largest absolute Gasteiger partial charge is 0.465 e. The molecule has 6 nitrogen and oxygen atoms in total. The summed E-state index contributed by atoms with van der Waals surface area (Å²) in [7, 11) is -0.0675. The van der Waals surface area contributed by atoms with Crippen LogP contribution in [0.5, 0.6) is 0 Å². The Morgan fingerprint density at radius 3 is 2.86 bits per heavy atom. The van der Waals surface area contributed by atoms with Gasteiger partial charge in [-0.2, -0.15) is 0 Å². The standard InChI is InChI=1S/C15H26N2O4S/c1-13-6-7-14(21-13)11-17-8-4-5-15(12-17)22(18,19)16(2)9-10-20-3/h6-7,15H,4-5,8-12H2,1-3H3. The van der Waals surface area contributed by atoms with Gasteiger partial charge in [-0.25, -0.2) is 12.7 Å². The smallest absolute Gasteiger partial charge is 0.218 e. The number of hydrogen-bond acceptors (Lipinski definition) is 5. The van der Waals surface area contributed by atoms with Gasteiger partial charge in [0.25, 0.3) is 0 Å². The van der Waals surface area contributed by atoms with Gasteiger partial charge in [-0.05, 0) is 38.4 Å². The lowest BCUT2D eigenvalue weighted by Gasteiger charge is -2.33. The summed E-state index contributed by atoms with van der Waals surface area (Å²) in [6.45, 7) is 4.86. The summed E-state index contributed by atoms with van der Waals surface area (Å²) in [6.07, 6.45) is 1.61. The summed E-state index contributed by atoms with van der Waals surface area (Å²) in [4.78, 5) is 2.16. The number of piperidine rings is 1. The predicted octanol–water partition coefficient (Wildman–Crippen LogP) is 1.46. The van der Waals surface area contributed by atoms with Gasteiger partial charge in [0.1, 0.15) is 11.5 Å². The summed E-state index contributed by atoms with van der Waals surface area (Å²) in [6, 6.07) is 3.89. The van der Waals surface area contributed by atoms with Crippen LogP contribution in [-0.2, 0) is 21.3 Å². The third kappa shape index (κ3) is 4.32. The molecule has 22 heavy (non-hydrogen) atoms. The molecule has 1 unspecified atom stereocenters. The number of hydrogen-bond donors (Lipinski definition) is 0. The highest BCUT2D eigenvalue weighted by Gasteiger charge is 2.33. The number of ether oxygens (including phenoxy) is 1. The lowest BCUT2D eigenvalue weighted by Crippen LogP contribution is -2.47. The van der Waals surface area contributed by atoms with Crippen molar-refractivity contribution in [2.24, 2.45) is 0 Å². The minimum atomic E-state index is -3.27. The zero-order chi connectivity index (χ0) is 16.2. The Morgan fingerprint density at radius 2 is 2.23 bits per heavy atom. The van der Waals surface area contributed by atoms with Crippen LogP contribution in [0.2, 0.25) is 0 Å². The maximum atomic E-state index is 12.6. The first-order valence-electron chi connectivity index (χ1n) is 7.65. The van der Waals surface area contributed by atoms with Crippen molar-refractivity contribution in [1.29, 1.82) is 0 Å². The normalized spacial score (nSPS) is 20.6. The van der Waals surface area contributed by atoms with E-state index < -0.39 is 10.0 Å². The van der Waals surface area contributed by atoms with Gasteiger partial charge in [0.2, 0.25) is 10.0 Å². The molecule has 1 aliphatic rings. The van der Waals surface area contributed by atoms with Crippen molar-refractivity contribution in [2.45, 2.75) is 31.6 Å². The summed E-state index contributed by atoms with van der Waals surface area (Å²) in [5.74, 6) is 1.78. The molecule has 0 bridgehead atoms. The molecule has 0 aromatic carbocycles. The van der Waals surface area contributed by atoms with Crippen LogP contribution in [0.15, 0.2) is 16.5 Å². The van der Waals surface area contributed by atoms with Crippen LogP contribution in [0.4, 0.5) is 0 Å². The molecule has 0 spiro atoms. The molecule has 1 aromatic rings. The first-order chi connectivity index (χ1) is 10.4. The number of furan rings is 1. The van der Waals surface area contributed by atoms with E-state index in [9.17, 15) is 8.42 Å². The lowest BCUT2D eigenvalue weighted by molar-refractivity contribution is 0.181. The molecule has 1 aliphatic heterocycles. The number of sulfonamides is 1. The van der Waals surface area contributed by atoms with E-state index in [1.807, 2.05) is 19.1 Å². The second kappa shape index (κ2) is 7.59. The van der Waals surface area contributed by atoms with Gasteiger partial charge in [-0.1, -0.05) is 0 Å². The number of likely N-dealkylation sites (tertiary alicyclic amines) is 1. The number of aryl methyl sites for hydroxylation is 1. The highest BCUT2D eigenvalue weighted by atomic mass is 32.2. The average Bonchev–Trinajstić information content (AvgIpc) is 2.90. The van der Waals surface area contributed by atoms with Crippen LogP contribution in [0.1, 0.15) is 24.4 Å². The van der Waals surface area contributed by atoms with E-state index in [1.54, 1.807) is 14.2 Å². The first kappa shape index (κ1) is 17.5. The van der Waals surface area contributed by atoms with Crippen LogP contribution < -0.4 is 0 Å². The number of nitrogens with zero attached hydrogens (tertiary/aromatic N) is 2. The van der Waals surface area contributed by atoms with Gasteiger partial charge in [-0.15, -0.1) is 0 Å². The Bertz CT molecular complexity index is 570. The third-order valence-electron chi connectivity index (χ3n) is 4.10. The number of rotatable bonds is 7. The van der Waals surface area contributed by atoms with Gasteiger partial charge in [-0.3, -0.25) is 4.90 Å². The molecule has 1 fully saturated rings. The molecule has 0 amide bonds. The van der Waals surface area contributed by atoms with Gasteiger partial charge in [0.05, 0.1) is 18.4 Å². The Labute approximate surface area is 133 Å². The van der Waals surface area contributed by atoms with Crippen molar-refractivity contribution in [3.8, 4) is 0 Å². The van der Waals surface area contributed by atoms with Gasteiger partial charge < -0.3 is 9.15 Å². The molecule has 1 aromatic heterocycles. The highest BCUT2D eigenvalue weighted by Crippen LogP contribution is 2.21. The monoisotopic (exact) mass is 330 g/mol. The SMILES string of the molecule is COCCN(C)S(=O)(=O)C1CCCN(Cc2ccc(C)o2)C1. The summed E-state index contributed by atoms with van der Waals surface area (Å²) in [5.41, 5.74) is 0. The predicted molar refractivity (Wildman–Crippen MR) is 85.2 cm³/mol. The van der Waals surface area contributed by atoms with E-state index >= 15 is 0 Å². The molecule has 7 heteroatoms. The minimum absolute atomic E-state index is 0.348. The topological polar surface area (TPSA) is 63.0 Å². The van der Waals surface area contributed by atoms with E-state index in [1.165, 1.54) is 4.31 Å². The van der Waals surface area contributed by atoms with Crippen molar-refractivity contribution in [1.82, 2.24) is 9.21 Å². The van der Waals surface area contributed by atoms with E-state index in [4.69, 9.17) is 9.15 Å². The average molecular weight is 330 g/mol. The van der Waals surface area contributed by atoms with Crippen molar-refractivity contribution in [3.05, 3.63) is 23.7 Å². The van der Waals surface area contributed by atoms with Crippen molar-refractivity contribution in [3.63, 3.8) is 0 Å². The Morgan fingerprint density at radius 1 is 1.45 bits per heavy atom. The molecule has 0 N–H and O–H groups in total. The van der Waals surface area contributed by atoms with Gasteiger partial charge in [0, 0.05) is 27.2 Å². The van der Waals surface area contributed by atoms with E-state index in [0.717, 1.165) is 24.5 Å². The van der Waals surface area contributed by atoms with Crippen molar-refractivity contribution >= 4 is 10.0 Å². The van der Waals surface area contributed by atoms with Crippen LogP contribution in [0.3, 0.4) is 0 Å². The highest BCUT2D eigenvalue weighted by molar-refractivity contribution is 7.89. The van der Waals surface area contributed by atoms with E-state index in [-0.39, 0.29) is 5.25 Å². The second-order valence-corrected chi connectivity index (χ2v) is 8.19. The van der Waals surface area contributed by atoms with Gasteiger partial charge in [0.15, 0.2) is 0 Å². The Kier molecular flexibility index (Phi) is 6.02. The molecular weight excluding hydrogens is 304 g/mol. The molecule has 1 saturated heterocycles. The number of methoxy groups -OCH3 is 1. The fraction of sp³-hybridized carbons (Fsp3) is 0.733. The minimum Gasteiger partial charge on any atom is -0.465 e. The fourth-order valence-corrected chi connectivity index (χ4v) is 4.49. The maximum Gasteiger partial charge on any atom is 0.218 e. The summed E-state index contributed by atoms with van der Waals surface area (Å²) >= 11 is 0. The summed E-state index contributed by atoms with van der Waals surface area (Å²) < 4.78 is 37.2. The van der Waals surface area contributed by atoms with Crippen LogP contribution >= 0.6 is 0 Å². The number of likely N-dealkylation sites (N-methyl/N-ethyl adjacent to an activating group) is 1. The Balaban J connectivity index is 1.97. The lowest BCUT2D eigenvalue weighted by atomic mass is 10.1. The molecule has 1 atom stereocenters. The van der Waals surface area contributed by atoms with Crippen molar-refractivity contribution in [2.75, 3.05) is 40.4 Å². The first-order valence-corrected chi connectivity index (χ1v) is 9.15. The zero-order valence-electron chi connectivity index (χ0n) is 13.6. The molecule has 126 valence electrons. The zero-order valence-corrected chi connectivity index (χ0v) is 14.4. The quantitative estimate of drug-likeness (QED) is 0.757. The van der Waals surface area contributed by atoms with E-state index in [0.29, 0.717) is 32.7 Å². The Hall–Kier alpha value is -0.890. The molecular formula is C15H26N2O4S. The van der Waals surface area contributed by atoms with Crippen LogP contribution in [-0.4, -0.2) is 63.3 Å². The molecule has 0 radical (unpaired) electrons. The van der Waals surface area contributed by atoms with Crippen LogP contribution in [0, 0.1) is 6.92 Å². The van der Waals surface area contributed by atoms with Gasteiger partial charge >= 0.3 is 0 Å². The molecule has 0 saturated carbocycles. The van der Waals surface area contributed by atoms with Crippen molar-refractivity contribution < 1.29 is 17.6 Å². The van der Waals surface area contributed by atoms with E-state index in [2.05, 4.69) is 4.90 Å². The molecule has 0 aliphatic carbocycles. The summed E-state index contributed by atoms with van der Waals surface area (Å²) in [5, 5.41) is -0.348. The maximum absolute atomic E-state index is 12.6. The fourth-order valence-electron chi connectivity index (χ4n) is 2.79. The molecule has 2 rings (SSSR count). The third-order valence-corrected chi connectivity index (χ3v) is 6.38. The molecule has 2 heterocycles. The van der Waals surface area contributed by atoms with Crippen LogP contribution in [0.25, 0.3) is 0 Å².